The molecule has 0 atom stereocenters. The van der Waals surface area contributed by atoms with E-state index in [0.717, 1.165) is 50.5 Å². The molecule has 22 heavy (non-hydrogen) atoms. The second-order valence-electron chi connectivity index (χ2n) is 7.14. The average molecular weight is 298 g/mol. The Morgan fingerprint density at radius 1 is 0.955 bits per heavy atom. The van der Waals surface area contributed by atoms with Crippen molar-refractivity contribution in [2.45, 2.75) is 57.5 Å². The van der Waals surface area contributed by atoms with E-state index < -0.39 is 0 Å². The molecule has 0 N–H and O–H groups in total. The maximum atomic E-state index is 12.6. The zero-order chi connectivity index (χ0) is 14.9. The minimum atomic E-state index is 0.240. The van der Waals surface area contributed by atoms with Crippen molar-refractivity contribution < 1.29 is 4.79 Å². The fourth-order valence-electron chi connectivity index (χ4n) is 4.05. The highest BCUT2D eigenvalue weighted by Gasteiger charge is 2.28. The number of nitrogens with zero attached hydrogens (tertiary/aromatic N) is 2. The molecule has 3 heteroatoms. The van der Waals surface area contributed by atoms with Crippen molar-refractivity contribution >= 4 is 5.91 Å². The molecule has 4 rings (SSSR count). The Morgan fingerprint density at radius 3 is 2.50 bits per heavy atom. The normalized spacial score (nSPS) is 23.0. The van der Waals surface area contributed by atoms with E-state index >= 15 is 0 Å². The summed E-state index contributed by atoms with van der Waals surface area (Å²) in [5.41, 5.74) is 3.74. The molecular formula is C19H26N2O. The third-order valence-corrected chi connectivity index (χ3v) is 5.73. The molecule has 1 aromatic rings. The van der Waals surface area contributed by atoms with Gasteiger partial charge in [0.25, 0.3) is 5.91 Å². The van der Waals surface area contributed by atoms with Gasteiger partial charge in [0.15, 0.2) is 0 Å². The lowest BCUT2D eigenvalue weighted by Gasteiger charge is -2.40. The highest BCUT2D eigenvalue weighted by Crippen LogP contribution is 2.30. The van der Waals surface area contributed by atoms with Crippen molar-refractivity contribution in [3.05, 3.63) is 34.9 Å². The SMILES string of the molecule is O=C(c1ccc2c(c1)CCN(C1CCC1)C2)N1CCCCC1. The second-order valence-corrected chi connectivity index (χ2v) is 7.14. The smallest absolute Gasteiger partial charge is 0.253 e. The number of amides is 1. The summed E-state index contributed by atoms with van der Waals surface area (Å²) in [4.78, 5) is 17.3. The van der Waals surface area contributed by atoms with E-state index in [-0.39, 0.29) is 5.91 Å². The Hall–Kier alpha value is -1.35. The van der Waals surface area contributed by atoms with E-state index in [4.69, 9.17) is 0 Å². The van der Waals surface area contributed by atoms with Gasteiger partial charge in [-0.15, -0.1) is 0 Å². The van der Waals surface area contributed by atoms with Crippen LogP contribution in [0.2, 0.25) is 0 Å². The summed E-state index contributed by atoms with van der Waals surface area (Å²) in [6.07, 6.45) is 8.84. The number of carbonyl (C=O) groups is 1. The molecule has 0 unspecified atom stereocenters. The van der Waals surface area contributed by atoms with Crippen molar-refractivity contribution in [1.82, 2.24) is 9.80 Å². The number of benzene rings is 1. The van der Waals surface area contributed by atoms with Gasteiger partial charge in [0.2, 0.25) is 0 Å². The Balaban J connectivity index is 1.48. The molecule has 1 saturated heterocycles. The van der Waals surface area contributed by atoms with Crippen molar-refractivity contribution in [2.75, 3.05) is 19.6 Å². The highest BCUT2D eigenvalue weighted by atomic mass is 16.2. The van der Waals surface area contributed by atoms with Gasteiger partial charge in [-0.25, -0.2) is 0 Å². The van der Waals surface area contributed by atoms with E-state index in [1.807, 2.05) is 4.90 Å². The monoisotopic (exact) mass is 298 g/mol. The van der Waals surface area contributed by atoms with Gasteiger partial charge in [-0.05, 0) is 61.8 Å². The van der Waals surface area contributed by atoms with Gasteiger partial charge < -0.3 is 4.90 Å². The first-order chi connectivity index (χ1) is 10.8. The van der Waals surface area contributed by atoms with Crippen LogP contribution in [0.5, 0.6) is 0 Å². The number of hydrogen-bond donors (Lipinski definition) is 0. The summed E-state index contributed by atoms with van der Waals surface area (Å²) < 4.78 is 0. The largest absolute Gasteiger partial charge is 0.339 e. The standard InChI is InChI=1S/C19H26N2O/c22-19(20-10-2-1-3-11-20)16-7-8-17-14-21(18-5-4-6-18)12-9-15(17)13-16/h7-8,13,18H,1-6,9-12,14H2. The van der Waals surface area contributed by atoms with E-state index in [0.29, 0.717) is 0 Å². The fourth-order valence-corrected chi connectivity index (χ4v) is 4.05. The minimum absolute atomic E-state index is 0.240. The van der Waals surface area contributed by atoms with E-state index in [1.165, 1.54) is 43.4 Å². The van der Waals surface area contributed by atoms with Crippen LogP contribution in [0, 0.1) is 0 Å². The lowest BCUT2D eigenvalue weighted by atomic mass is 9.88. The molecule has 1 saturated carbocycles. The molecule has 0 aromatic heterocycles. The molecular weight excluding hydrogens is 272 g/mol. The molecule has 2 fully saturated rings. The Bertz CT molecular complexity index is 559. The topological polar surface area (TPSA) is 23.6 Å². The summed E-state index contributed by atoms with van der Waals surface area (Å²) in [5.74, 6) is 0.240. The zero-order valence-electron chi connectivity index (χ0n) is 13.4. The van der Waals surface area contributed by atoms with Crippen molar-refractivity contribution in [3.8, 4) is 0 Å². The van der Waals surface area contributed by atoms with E-state index in [1.54, 1.807) is 0 Å². The lowest BCUT2D eigenvalue weighted by molar-refractivity contribution is 0.0723. The molecule has 1 aromatic carbocycles. The summed E-state index contributed by atoms with van der Waals surface area (Å²) in [7, 11) is 0. The summed E-state index contributed by atoms with van der Waals surface area (Å²) >= 11 is 0. The van der Waals surface area contributed by atoms with Crippen LogP contribution in [0.4, 0.5) is 0 Å². The van der Waals surface area contributed by atoms with Gasteiger partial charge in [0.05, 0.1) is 0 Å². The van der Waals surface area contributed by atoms with Crippen LogP contribution in [0.3, 0.4) is 0 Å². The number of hydrogen-bond acceptors (Lipinski definition) is 2. The van der Waals surface area contributed by atoms with Gasteiger partial charge in [-0.3, -0.25) is 9.69 Å². The quantitative estimate of drug-likeness (QED) is 0.837. The van der Waals surface area contributed by atoms with Crippen LogP contribution < -0.4 is 0 Å². The Kier molecular flexibility index (Phi) is 3.91. The lowest BCUT2D eigenvalue weighted by Crippen LogP contribution is -2.43. The maximum absolute atomic E-state index is 12.6. The predicted molar refractivity (Wildman–Crippen MR) is 87.9 cm³/mol. The first-order valence-electron chi connectivity index (χ1n) is 8.96. The van der Waals surface area contributed by atoms with Gasteiger partial charge in [0, 0.05) is 37.8 Å². The summed E-state index contributed by atoms with van der Waals surface area (Å²) in [5, 5.41) is 0. The van der Waals surface area contributed by atoms with E-state index in [2.05, 4.69) is 23.1 Å². The molecule has 1 amide bonds. The molecule has 2 heterocycles. The summed E-state index contributed by atoms with van der Waals surface area (Å²) in [6, 6.07) is 7.25. The molecule has 3 nitrogen and oxygen atoms in total. The van der Waals surface area contributed by atoms with Crippen LogP contribution in [-0.4, -0.2) is 41.4 Å². The van der Waals surface area contributed by atoms with Crippen LogP contribution in [0.15, 0.2) is 18.2 Å². The van der Waals surface area contributed by atoms with Crippen LogP contribution in [0.1, 0.15) is 60.0 Å². The Morgan fingerprint density at radius 2 is 1.77 bits per heavy atom. The maximum Gasteiger partial charge on any atom is 0.253 e. The van der Waals surface area contributed by atoms with Gasteiger partial charge >= 0.3 is 0 Å². The summed E-state index contributed by atoms with van der Waals surface area (Å²) in [6.45, 7) is 4.12. The molecule has 1 aliphatic carbocycles. The number of piperidine rings is 1. The molecule has 0 bridgehead atoms. The molecule has 0 spiro atoms. The van der Waals surface area contributed by atoms with Crippen molar-refractivity contribution in [2.24, 2.45) is 0 Å². The molecule has 0 radical (unpaired) electrons. The third-order valence-electron chi connectivity index (χ3n) is 5.73. The first kappa shape index (κ1) is 14.3. The van der Waals surface area contributed by atoms with Crippen molar-refractivity contribution in [3.63, 3.8) is 0 Å². The number of likely N-dealkylation sites (tertiary alicyclic amines) is 1. The van der Waals surface area contributed by atoms with Crippen molar-refractivity contribution in [1.29, 1.82) is 0 Å². The zero-order valence-corrected chi connectivity index (χ0v) is 13.4. The number of carbonyl (C=O) groups excluding carboxylic acids is 1. The Labute approximate surface area is 133 Å². The fraction of sp³-hybridized carbons (Fsp3) is 0.632. The molecule has 2 aliphatic heterocycles. The van der Waals surface area contributed by atoms with Gasteiger partial charge in [0.1, 0.15) is 0 Å². The highest BCUT2D eigenvalue weighted by molar-refractivity contribution is 5.94. The third kappa shape index (κ3) is 2.67. The van der Waals surface area contributed by atoms with Crippen LogP contribution in [-0.2, 0) is 13.0 Å². The predicted octanol–water partition coefficient (Wildman–Crippen LogP) is 3.22. The van der Waals surface area contributed by atoms with Crippen LogP contribution >= 0.6 is 0 Å². The first-order valence-corrected chi connectivity index (χ1v) is 8.96. The van der Waals surface area contributed by atoms with Gasteiger partial charge in [-0.2, -0.15) is 0 Å². The molecule has 118 valence electrons. The second kappa shape index (κ2) is 6.04. The average Bonchev–Trinajstić information content (AvgIpc) is 2.53. The van der Waals surface area contributed by atoms with Crippen LogP contribution in [0.25, 0.3) is 0 Å². The number of rotatable bonds is 2. The van der Waals surface area contributed by atoms with E-state index in [9.17, 15) is 4.79 Å². The number of fused-ring (bicyclic) bond motifs is 1. The minimum Gasteiger partial charge on any atom is -0.339 e. The van der Waals surface area contributed by atoms with Gasteiger partial charge in [-0.1, -0.05) is 12.5 Å². The molecule has 3 aliphatic rings.